The Morgan fingerprint density at radius 1 is 1.32 bits per heavy atom. The predicted molar refractivity (Wildman–Crippen MR) is 72.2 cm³/mol. The lowest BCUT2D eigenvalue weighted by Crippen LogP contribution is -2.34. The first-order valence-electron chi connectivity index (χ1n) is 6.69. The fourth-order valence-corrected chi connectivity index (χ4v) is 2.57. The molecule has 1 aliphatic heterocycles. The molecule has 0 radical (unpaired) electrons. The van der Waals surface area contributed by atoms with Crippen molar-refractivity contribution in [3.05, 3.63) is 36.2 Å². The molecule has 2 aromatic rings. The Balaban J connectivity index is 1.72. The summed E-state index contributed by atoms with van der Waals surface area (Å²) in [5.41, 5.74) is 6.75. The molecule has 19 heavy (non-hydrogen) atoms. The number of rotatable bonds is 4. The second kappa shape index (κ2) is 5.50. The molecular formula is C14H18N4O. The van der Waals surface area contributed by atoms with Crippen LogP contribution in [0.15, 0.2) is 34.9 Å². The number of hydrogen-bond donors (Lipinski definition) is 1. The second-order valence-corrected chi connectivity index (χ2v) is 4.88. The monoisotopic (exact) mass is 258 g/mol. The summed E-state index contributed by atoms with van der Waals surface area (Å²) in [7, 11) is 0. The van der Waals surface area contributed by atoms with Crippen LogP contribution in [0.5, 0.6) is 0 Å². The summed E-state index contributed by atoms with van der Waals surface area (Å²) in [6.07, 6.45) is 2.36. The largest absolute Gasteiger partial charge is 0.338 e. The van der Waals surface area contributed by atoms with E-state index >= 15 is 0 Å². The number of nitrogens with two attached hydrogens (primary N) is 1. The second-order valence-electron chi connectivity index (χ2n) is 4.88. The maximum absolute atomic E-state index is 5.77. The van der Waals surface area contributed by atoms with Crippen molar-refractivity contribution in [2.75, 3.05) is 13.1 Å². The molecule has 0 saturated carbocycles. The number of nitrogens with zero attached hydrogens (tertiary/aromatic N) is 3. The van der Waals surface area contributed by atoms with Gasteiger partial charge in [0.05, 0.1) is 6.54 Å². The predicted octanol–water partition coefficient (Wildman–Crippen LogP) is 1.66. The van der Waals surface area contributed by atoms with E-state index in [2.05, 4.69) is 15.0 Å². The fourth-order valence-electron chi connectivity index (χ4n) is 2.57. The summed E-state index contributed by atoms with van der Waals surface area (Å²) in [6.45, 7) is 2.45. The molecule has 5 nitrogen and oxygen atoms in total. The quantitative estimate of drug-likeness (QED) is 0.903. The SMILES string of the molecule is NCC1CCCN1Cc1nc(-c2ccccc2)no1. The van der Waals surface area contributed by atoms with Gasteiger partial charge in [0, 0.05) is 18.2 Å². The van der Waals surface area contributed by atoms with Gasteiger partial charge in [-0.1, -0.05) is 35.5 Å². The fraction of sp³-hybridized carbons (Fsp3) is 0.429. The Morgan fingerprint density at radius 2 is 2.16 bits per heavy atom. The molecule has 0 bridgehead atoms. The maximum atomic E-state index is 5.77. The Labute approximate surface area is 112 Å². The molecule has 0 spiro atoms. The molecule has 0 amide bonds. The molecule has 1 atom stereocenters. The summed E-state index contributed by atoms with van der Waals surface area (Å²) in [4.78, 5) is 6.77. The molecule has 0 aliphatic carbocycles. The van der Waals surface area contributed by atoms with Gasteiger partial charge >= 0.3 is 0 Å². The molecule has 100 valence electrons. The first-order valence-corrected chi connectivity index (χ1v) is 6.69. The molecule has 1 aromatic carbocycles. The first-order chi connectivity index (χ1) is 9.36. The van der Waals surface area contributed by atoms with E-state index in [4.69, 9.17) is 10.3 Å². The zero-order valence-corrected chi connectivity index (χ0v) is 10.8. The Bertz CT molecular complexity index is 525. The molecule has 2 N–H and O–H groups in total. The van der Waals surface area contributed by atoms with E-state index in [1.807, 2.05) is 30.3 Å². The van der Waals surface area contributed by atoms with Gasteiger partial charge in [-0.15, -0.1) is 0 Å². The van der Waals surface area contributed by atoms with E-state index < -0.39 is 0 Å². The normalized spacial score (nSPS) is 19.9. The van der Waals surface area contributed by atoms with Gasteiger partial charge in [-0.2, -0.15) is 4.98 Å². The summed E-state index contributed by atoms with van der Waals surface area (Å²) in [6, 6.07) is 10.3. The molecular weight excluding hydrogens is 240 g/mol. The van der Waals surface area contributed by atoms with Crippen LogP contribution >= 0.6 is 0 Å². The van der Waals surface area contributed by atoms with E-state index in [1.165, 1.54) is 6.42 Å². The van der Waals surface area contributed by atoms with E-state index in [0.717, 1.165) is 18.5 Å². The lowest BCUT2D eigenvalue weighted by atomic mass is 10.2. The van der Waals surface area contributed by atoms with E-state index in [1.54, 1.807) is 0 Å². The highest BCUT2D eigenvalue weighted by Crippen LogP contribution is 2.20. The lowest BCUT2D eigenvalue weighted by molar-refractivity contribution is 0.214. The molecule has 1 saturated heterocycles. The standard InChI is InChI=1S/C14H18N4O/c15-9-12-7-4-8-18(12)10-13-16-14(17-19-13)11-5-2-1-3-6-11/h1-3,5-6,12H,4,7-10,15H2. The zero-order chi connectivity index (χ0) is 13.1. The minimum absolute atomic E-state index is 0.451. The van der Waals surface area contributed by atoms with Crippen LogP contribution in [0.3, 0.4) is 0 Å². The minimum atomic E-state index is 0.451. The van der Waals surface area contributed by atoms with Crippen molar-refractivity contribution < 1.29 is 4.52 Å². The van der Waals surface area contributed by atoms with Gasteiger partial charge < -0.3 is 10.3 Å². The van der Waals surface area contributed by atoms with Crippen LogP contribution in [0.1, 0.15) is 18.7 Å². The summed E-state index contributed by atoms with van der Waals surface area (Å²) in [5.74, 6) is 1.32. The first kappa shape index (κ1) is 12.3. The summed E-state index contributed by atoms with van der Waals surface area (Å²) >= 11 is 0. The zero-order valence-electron chi connectivity index (χ0n) is 10.8. The number of hydrogen-bond acceptors (Lipinski definition) is 5. The van der Waals surface area contributed by atoms with E-state index in [0.29, 0.717) is 30.8 Å². The van der Waals surface area contributed by atoms with Crippen LogP contribution in [0.4, 0.5) is 0 Å². The van der Waals surface area contributed by atoms with Crippen molar-refractivity contribution in [2.45, 2.75) is 25.4 Å². The topological polar surface area (TPSA) is 68.2 Å². The number of benzene rings is 1. The molecule has 5 heteroatoms. The van der Waals surface area contributed by atoms with E-state index in [-0.39, 0.29) is 0 Å². The number of aromatic nitrogens is 2. The van der Waals surface area contributed by atoms with E-state index in [9.17, 15) is 0 Å². The Hall–Kier alpha value is -1.72. The highest BCUT2D eigenvalue weighted by Gasteiger charge is 2.24. The van der Waals surface area contributed by atoms with Crippen molar-refractivity contribution in [3.8, 4) is 11.4 Å². The van der Waals surface area contributed by atoms with Crippen LogP contribution in [0, 0.1) is 0 Å². The van der Waals surface area contributed by atoms with Crippen LogP contribution < -0.4 is 5.73 Å². The molecule has 1 unspecified atom stereocenters. The third-order valence-corrected chi connectivity index (χ3v) is 3.61. The van der Waals surface area contributed by atoms with Gasteiger partial charge in [0.15, 0.2) is 0 Å². The minimum Gasteiger partial charge on any atom is -0.338 e. The molecule has 1 fully saturated rings. The van der Waals surface area contributed by atoms with Crippen LogP contribution in [-0.2, 0) is 6.54 Å². The van der Waals surface area contributed by atoms with Gasteiger partial charge in [-0.25, -0.2) is 0 Å². The van der Waals surface area contributed by atoms with Crippen molar-refractivity contribution in [1.82, 2.24) is 15.0 Å². The smallest absolute Gasteiger partial charge is 0.241 e. The molecule has 2 heterocycles. The number of likely N-dealkylation sites (tertiary alicyclic amines) is 1. The van der Waals surface area contributed by atoms with Gasteiger partial charge in [0.1, 0.15) is 0 Å². The van der Waals surface area contributed by atoms with Crippen molar-refractivity contribution in [3.63, 3.8) is 0 Å². The average Bonchev–Trinajstić information content (AvgIpc) is 3.09. The van der Waals surface area contributed by atoms with Crippen molar-refractivity contribution in [2.24, 2.45) is 5.73 Å². The van der Waals surface area contributed by atoms with Crippen LogP contribution in [0.2, 0.25) is 0 Å². The van der Waals surface area contributed by atoms with Crippen molar-refractivity contribution >= 4 is 0 Å². The average molecular weight is 258 g/mol. The Morgan fingerprint density at radius 3 is 2.95 bits per heavy atom. The lowest BCUT2D eigenvalue weighted by Gasteiger charge is -2.20. The van der Waals surface area contributed by atoms with Gasteiger partial charge in [0.25, 0.3) is 0 Å². The third-order valence-electron chi connectivity index (χ3n) is 3.61. The van der Waals surface area contributed by atoms with Gasteiger partial charge in [-0.05, 0) is 19.4 Å². The maximum Gasteiger partial charge on any atom is 0.241 e. The van der Waals surface area contributed by atoms with Crippen LogP contribution in [-0.4, -0.2) is 34.2 Å². The van der Waals surface area contributed by atoms with Crippen molar-refractivity contribution in [1.29, 1.82) is 0 Å². The summed E-state index contributed by atoms with van der Waals surface area (Å²) < 4.78 is 5.33. The Kier molecular flexibility index (Phi) is 3.57. The molecule has 3 rings (SSSR count). The highest BCUT2D eigenvalue weighted by molar-refractivity contribution is 5.53. The molecule has 1 aromatic heterocycles. The van der Waals surface area contributed by atoms with Crippen LogP contribution in [0.25, 0.3) is 11.4 Å². The molecule has 1 aliphatic rings. The van der Waals surface area contributed by atoms with Gasteiger partial charge in [0.2, 0.25) is 11.7 Å². The third kappa shape index (κ3) is 2.67. The summed E-state index contributed by atoms with van der Waals surface area (Å²) in [5, 5.41) is 4.04. The van der Waals surface area contributed by atoms with Gasteiger partial charge in [-0.3, -0.25) is 4.90 Å². The highest BCUT2D eigenvalue weighted by atomic mass is 16.5.